The first-order valence-corrected chi connectivity index (χ1v) is 9.76. The van der Waals surface area contributed by atoms with E-state index in [1.54, 1.807) is 0 Å². The molecule has 0 aliphatic carbocycles. The average molecular weight is 334 g/mol. The van der Waals surface area contributed by atoms with Crippen molar-refractivity contribution in [2.75, 3.05) is 6.61 Å². The van der Waals surface area contributed by atoms with Gasteiger partial charge in [0.25, 0.3) is 0 Å². The van der Waals surface area contributed by atoms with Crippen molar-refractivity contribution < 1.29 is 4.52 Å². The minimum Gasteiger partial charge on any atom is -0.350 e. The van der Waals surface area contributed by atoms with Crippen LogP contribution in [0.2, 0.25) is 0 Å². The third-order valence-corrected chi connectivity index (χ3v) is 5.88. The van der Waals surface area contributed by atoms with Gasteiger partial charge in [0.1, 0.15) is 0 Å². The number of hydrogen-bond acceptors (Lipinski definition) is 1. The average Bonchev–Trinajstić information content (AvgIpc) is 2.67. The highest BCUT2D eigenvalue weighted by atomic mass is 31.1. The fourth-order valence-corrected chi connectivity index (χ4v) is 4.45. The molecule has 0 aliphatic heterocycles. The molecular weight excluding hydrogens is 311 g/mol. The maximum Gasteiger partial charge on any atom is 0.0917 e. The van der Waals surface area contributed by atoms with Gasteiger partial charge in [-0.05, 0) is 24.8 Å². The first-order chi connectivity index (χ1) is 11.9. The Morgan fingerprint density at radius 3 is 1.62 bits per heavy atom. The van der Waals surface area contributed by atoms with E-state index in [0.29, 0.717) is 0 Å². The molecule has 1 nitrogen and oxygen atoms in total. The Labute approximate surface area is 146 Å². The molecular formula is C22H23OP. The van der Waals surface area contributed by atoms with Crippen molar-refractivity contribution >= 4 is 18.8 Å². The fourth-order valence-electron chi connectivity index (χ4n) is 2.66. The van der Waals surface area contributed by atoms with Crippen LogP contribution in [0.4, 0.5) is 0 Å². The largest absolute Gasteiger partial charge is 0.350 e. The van der Waals surface area contributed by atoms with Crippen LogP contribution >= 0.6 is 8.15 Å². The monoisotopic (exact) mass is 334 g/mol. The number of rotatable bonds is 8. The van der Waals surface area contributed by atoms with E-state index >= 15 is 0 Å². The normalized spacial score (nSPS) is 10.9. The molecule has 0 aliphatic rings. The maximum absolute atomic E-state index is 6.32. The van der Waals surface area contributed by atoms with Gasteiger partial charge in [0.05, 0.1) is 14.8 Å². The minimum absolute atomic E-state index is 0.722. The van der Waals surface area contributed by atoms with Gasteiger partial charge in [-0.1, -0.05) is 91.0 Å². The third-order valence-electron chi connectivity index (χ3n) is 3.90. The lowest BCUT2D eigenvalue weighted by Crippen LogP contribution is -2.14. The molecule has 0 atom stereocenters. The summed E-state index contributed by atoms with van der Waals surface area (Å²) in [6, 6.07) is 31.8. The standard InChI is InChI=1S/C22H23OP/c1-4-12-20(13-5-1)14-10-11-19-23-24(21-15-6-2-7-16-21)22-17-8-3-9-18-22/h1-9,12-13,15-18H,10-11,14,19H2. The SMILES string of the molecule is c1ccc(CCCCOP(c2ccccc2)c2ccccc2)cc1. The molecule has 3 aromatic rings. The van der Waals surface area contributed by atoms with E-state index < -0.39 is 8.15 Å². The third kappa shape index (κ3) is 5.03. The molecule has 0 amide bonds. The minimum atomic E-state index is -0.722. The molecule has 24 heavy (non-hydrogen) atoms. The summed E-state index contributed by atoms with van der Waals surface area (Å²) in [5.74, 6) is 0. The maximum atomic E-state index is 6.32. The van der Waals surface area contributed by atoms with Gasteiger partial charge in [-0.2, -0.15) is 0 Å². The van der Waals surface area contributed by atoms with Crippen molar-refractivity contribution in [3.05, 3.63) is 96.6 Å². The van der Waals surface area contributed by atoms with Crippen molar-refractivity contribution in [1.82, 2.24) is 0 Å². The predicted molar refractivity (Wildman–Crippen MR) is 104 cm³/mol. The van der Waals surface area contributed by atoms with Gasteiger partial charge >= 0.3 is 0 Å². The van der Waals surface area contributed by atoms with Crippen LogP contribution in [-0.2, 0) is 10.9 Å². The summed E-state index contributed by atoms with van der Waals surface area (Å²) in [6.07, 6.45) is 3.38. The van der Waals surface area contributed by atoms with Gasteiger partial charge in [0.2, 0.25) is 0 Å². The van der Waals surface area contributed by atoms with Gasteiger partial charge in [-0.25, -0.2) is 0 Å². The van der Waals surface area contributed by atoms with E-state index in [1.807, 2.05) is 0 Å². The molecule has 0 radical (unpaired) electrons. The number of hydrogen-bond donors (Lipinski definition) is 0. The lowest BCUT2D eigenvalue weighted by atomic mass is 10.1. The van der Waals surface area contributed by atoms with Crippen LogP contribution in [0, 0.1) is 0 Å². The summed E-state index contributed by atoms with van der Waals surface area (Å²) in [7, 11) is -0.722. The van der Waals surface area contributed by atoms with Crippen molar-refractivity contribution in [3.63, 3.8) is 0 Å². The molecule has 0 spiro atoms. The zero-order chi connectivity index (χ0) is 16.5. The summed E-state index contributed by atoms with van der Waals surface area (Å²) < 4.78 is 6.32. The Hall–Kier alpha value is -1.95. The van der Waals surface area contributed by atoms with Gasteiger partial charge in [0, 0.05) is 10.6 Å². The zero-order valence-electron chi connectivity index (χ0n) is 13.8. The lowest BCUT2D eigenvalue weighted by molar-refractivity contribution is 0.347. The first-order valence-electron chi connectivity index (χ1n) is 8.50. The summed E-state index contributed by atoms with van der Waals surface area (Å²) in [6.45, 7) is 0.808. The van der Waals surface area contributed by atoms with Crippen LogP contribution in [0.15, 0.2) is 91.0 Å². The van der Waals surface area contributed by atoms with Crippen molar-refractivity contribution in [1.29, 1.82) is 0 Å². The van der Waals surface area contributed by atoms with Crippen molar-refractivity contribution in [2.24, 2.45) is 0 Å². The Bertz CT molecular complexity index is 658. The number of benzene rings is 3. The molecule has 0 aromatic heterocycles. The van der Waals surface area contributed by atoms with Crippen LogP contribution in [0.1, 0.15) is 18.4 Å². The molecule has 0 saturated carbocycles. The summed E-state index contributed by atoms with van der Waals surface area (Å²) in [5, 5.41) is 2.56. The van der Waals surface area contributed by atoms with Gasteiger partial charge in [-0.15, -0.1) is 0 Å². The van der Waals surface area contributed by atoms with Gasteiger partial charge in [-0.3, -0.25) is 0 Å². The Kier molecular flexibility index (Phi) is 6.60. The van der Waals surface area contributed by atoms with E-state index in [9.17, 15) is 0 Å². The van der Waals surface area contributed by atoms with Crippen molar-refractivity contribution in [3.8, 4) is 0 Å². The van der Waals surface area contributed by atoms with Crippen LogP contribution < -0.4 is 10.6 Å². The van der Waals surface area contributed by atoms with Gasteiger partial charge in [0.15, 0.2) is 0 Å². The highest BCUT2D eigenvalue weighted by Crippen LogP contribution is 2.34. The van der Waals surface area contributed by atoms with E-state index in [4.69, 9.17) is 4.52 Å². The smallest absolute Gasteiger partial charge is 0.0917 e. The molecule has 122 valence electrons. The highest BCUT2D eigenvalue weighted by molar-refractivity contribution is 7.68. The zero-order valence-corrected chi connectivity index (χ0v) is 14.7. The molecule has 0 N–H and O–H groups in total. The van der Waals surface area contributed by atoms with Crippen LogP contribution in [-0.4, -0.2) is 6.61 Å². The molecule has 0 unspecified atom stereocenters. The molecule has 0 saturated heterocycles. The summed E-state index contributed by atoms with van der Waals surface area (Å²) in [5.41, 5.74) is 1.41. The quantitative estimate of drug-likeness (QED) is 0.413. The Balaban J connectivity index is 1.55. The van der Waals surface area contributed by atoms with Gasteiger partial charge < -0.3 is 4.52 Å². The van der Waals surface area contributed by atoms with Crippen LogP contribution in [0.3, 0.4) is 0 Å². The molecule has 0 heterocycles. The molecule has 3 rings (SSSR count). The second kappa shape index (κ2) is 9.37. The topological polar surface area (TPSA) is 9.23 Å². The number of unbranched alkanes of at least 4 members (excludes halogenated alkanes) is 1. The van der Waals surface area contributed by atoms with Crippen LogP contribution in [0.25, 0.3) is 0 Å². The second-order valence-electron chi connectivity index (χ2n) is 5.74. The second-order valence-corrected chi connectivity index (χ2v) is 7.62. The molecule has 0 fully saturated rings. The van der Waals surface area contributed by atoms with E-state index in [0.717, 1.165) is 25.9 Å². The molecule has 2 heteroatoms. The Morgan fingerprint density at radius 1 is 0.583 bits per heavy atom. The lowest BCUT2D eigenvalue weighted by Gasteiger charge is -2.18. The molecule has 0 bridgehead atoms. The summed E-state index contributed by atoms with van der Waals surface area (Å²) in [4.78, 5) is 0. The van der Waals surface area contributed by atoms with E-state index in [1.165, 1.54) is 16.2 Å². The molecule has 3 aromatic carbocycles. The Morgan fingerprint density at radius 2 is 1.08 bits per heavy atom. The number of aryl methyl sites for hydroxylation is 1. The van der Waals surface area contributed by atoms with Crippen LogP contribution in [0.5, 0.6) is 0 Å². The van der Waals surface area contributed by atoms with E-state index in [-0.39, 0.29) is 0 Å². The van der Waals surface area contributed by atoms with Crippen molar-refractivity contribution in [2.45, 2.75) is 19.3 Å². The first kappa shape index (κ1) is 16.9. The fraction of sp³-hybridized carbons (Fsp3) is 0.182. The highest BCUT2D eigenvalue weighted by Gasteiger charge is 2.14. The summed E-state index contributed by atoms with van der Waals surface area (Å²) >= 11 is 0. The predicted octanol–water partition coefficient (Wildman–Crippen LogP) is 5.07. The van der Waals surface area contributed by atoms with E-state index in [2.05, 4.69) is 91.0 Å².